The van der Waals surface area contributed by atoms with E-state index in [1.54, 1.807) is 0 Å². The summed E-state index contributed by atoms with van der Waals surface area (Å²) in [6.45, 7) is 9.31. The van der Waals surface area contributed by atoms with Crippen molar-refractivity contribution in [2.45, 2.75) is 85.5 Å². The average Bonchev–Trinajstić information content (AvgIpc) is 2.46. The van der Waals surface area contributed by atoms with E-state index in [-0.39, 0.29) is 5.41 Å². The molecular weight excluding hydrogens is 271 g/mol. The van der Waals surface area contributed by atoms with Crippen molar-refractivity contribution >= 4 is 8.25 Å². The highest BCUT2D eigenvalue weighted by Gasteiger charge is 2.34. The van der Waals surface area contributed by atoms with E-state index >= 15 is 0 Å². The summed E-state index contributed by atoms with van der Waals surface area (Å²) in [4.78, 5) is 8.96. The van der Waals surface area contributed by atoms with Crippen molar-refractivity contribution in [1.82, 2.24) is 0 Å². The third kappa shape index (κ3) is 8.34. The van der Waals surface area contributed by atoms with Gasteiger partial charge in [0.15, 0.2) is 0 Å². The minimum atomic E-state index is -2.48. The molecule has 0 fully saturated rings. The van der Waals surface area contributed by atoms with Crippen LogP contribution >= 0.6 is 8.25 Å². The Kier molecular flexibility index (Phi) is 11.7. The lowest BCUT2D eigenvalue weighted by molar-refractivity contribution is 0.0869. The van der Waals surface area contributed by atoms with Gasteiger partial charge in [0.05, 0.1) is 0 Å². The first-order valence-electron chi connectivity index (χ1n) is 8.32. The van der Waals surface area contributed by atoms with Crippen LogP contribution in [0.1, 0.15) is 85.5 Å². The van der Waals surface area contributed by atoms with Gasteiger partial charge in [0.2, 0.25) is 0 Å². The Morgan fingerprint density at radius 3 is 2.25 bits per heavy atom. The molecule has 0 aromatic heterocycles. The van der Waals surface area contributed by atoms with Crippen molar-refractivity contribution in [1.29, 1.82) is 0 Å². The maximum Gasteiger partial charge on any atom is 0.694 e. The van der Waals surface area contributed by atoms with Crippen molar-refractivity contribution in [3.8, 4) is 0 Å². The normalized spacial score (nSPS) is 16.8. The Hall–Kier alpha value is 0.0200. The molecule has 0 aliphatic heterocycles. The summed E-state index contributed by atoms with van der Waals surface area (Å²) in [6, 6.07) is 0. The zero-order valence-corrected chi connectivity index (χ0v) is 14.8. The molecule has 0 aromatic rings. The molecule has 20 heavy (non-hydrogen) atoms. The van der Waals surface area contributed by atoms with E-state index in [4.69, 9.17) is 9.42 Å². The van der Waals surface area contributed by atoms with Crippen LogP contribution in [0.25, 0.3) is 0 Å². The van der Waals surface area contributed by atoms with E-state index in [2.05, 4.69) is 27.7 Å². The van der Waals surface area contributed by atoms with Crippen LogP contribution in [0.2, 0.25) is 0 Å². The summed E-state index contributed by atoms with van der Waals surface area (Å²) in [5.74, 6) is 0.715. The Morgan fingerprint density at radius 2 is 1.80 bits per heavy atom. The standard InChI is InChI=1S/C16H33O3P/c1-5-9-11-15(7-3)13-16(8-4,12-10-6-2)14-19-20(17)18/h15H,5-14H2,1-4H3/p+1. The molecule has 0 rings (SSSR count). The van der Waals surface area contributed by atoms with Gasteiger partial charge in [0.1, 0.15) is 6.61 Å². The molecule has 1 N–H and O–H groups in total. The number of rotatable bonds is 13. The van der Waals surface area contributed by atoms with Crippen molar-refractivity contribution in [3.05, 3.63) is 0 Å². The molecule has 0 aromatic carbocycles. The monoisotopic (exact) mass is 305 g/mol. The van der Waals surface area contributed by atoms with Crippen LogP contribution < -0.4 is 0 Å². The Morgan fingerprint density at radius 1 is 1.15 bits per heavy atom. The number of hydrogen-bond acceptors (Lipinski definition) is 2. The van der Waals surface area contributed by atoms with Gasteiger partial charge >= 0.3 is 8.25 Å². The molecule has 0 saturated carbocycles. The maximum absolute atomic E-state index is 10.9. The van der Waals surface area contributed by atoms with Crippen LogP contribution in [-0.4, -0.2) is 11.5 Å². The van der Waals surface area contributed by atoms with Gasteiger partial charge in [-0.15, -0.1) is 9.42 Å². The van der Waals surface area contributed by atoms with Gasteiger partial charge in [-0.25, -0.2) is 0 Å². The summed E-state index contributed by atoms with van der Waals surface area (Å²) >= 11 is 0. The van der Waals surface area contributed by atoms with Gasteiger partial charge in [-0.3, -0.25) is 0 Å². The molecule has 3 unspecified atom stereocenters. The Bertz CT molecular complexity index is 258. The second-order valence-electron chi connectivity index (χ2n) is 6.09. The predicted molar refractivity (Wildman–Crippen MR) is 85.9 cm³/mol. The number of unbranched alkanes of at least 4 members (excludes halogenated alkanes) is 2. The Labute approximate surface area is 126 Å². The predicted octanol–water partition coefficient (Wildman–Crippen LogP) is 5.85. The van der Waals surface area contributed by atoms with Gasteiger partial charge in [-0.2, -0.15) is 0 Å². The second kappa shape index (κ2) is 11.7. The van der Waals surface area contributed by atoms with E-state index in [1.165, 1.54) is 38.5 Å². The quantitative estimate of drug-likeness (QED) is 0.434. The molecule has 0 heterocycles. The van der Waals surface area contributed by atoms with E-state index in [9.17, 15) is 4.57 Å². The average molecular weight is 305 g/mol. The van der Waals surface area contributed by atoms with Crippen LogP contribution in [0, 0.1) is 11.3 Å². The van der Waals surface area contributed by atoms with E-state index in [1.807, 2.05) is 0 Å². The fourth-order valence-electron chi connectivity index (χ4n) is 2.96. The first kappa shape index (κ1) is 20.0. The van der Waals surface area contributed by atoms with Crippen molar-refractivity contribution in [2.24, 2.45) is 11.3 Å². The lowest BCUT2D eigenvalue weighted by Crippen LogP contribution is -2.28. The first-order valence-corrected chi connectivity index (χ1v) is 9.45. The second-order valence-corrected chi connectivity index (χ2v) is 6.82. The van der Waals surface area contributed by atoms with Gasteiger partial charge in [-0.05, 0) is 30.6 Å². The highest BCUT2D eigenvalue weighted by atomic mass is 31.1. The minimum absolute atomic E-state index is 0.0815. The molecule has 0 aliphatic carbocycles. The molecule has 0 saturated heterocycles. The highest BCUT2D eigenvalue weighted by molar-refractivity contribution is 7.32. The summed E-state index contributed by atoms with van der Waals surface area (Å²) in [7, 11) is -2.48. The molecular formula is C16H34O3P+. The van der Waals surface area contributed by atoms with Gasteiger partial charge in [0, 0.05) is 4.57 Å². The molecule has 0 spiro atoms. The fourth-order valence-corrected chi connectivity index (χ4v) is 3.34. The molecule has 0 aliphatic rings. The first-order chi connectivity index (χ1) is 9.53. The van der Waals surface area contributed by atoms with Crippen molar-refractivity contribution in [3.63, 3.8) is 0 Å². The molecule has 3 nitrogen and oxygen atoms in total. The van der Waals surface area contributed by atoms with E-state index < -0.39 is 8.25 Å². The zero-order valence-electron chi connectivity index (χ0n) is 13.9. The summed E-state index contributed by atoms with van der Waals surface area (Å²) < 4.78 is 16.0. The highest BCUT2D eigenvalue weighted by Crippen LogP contribution is 2.40. The van der Waals surface area contributed by atoms with Crippen molar-refractivity contribution < 1.29 is 14.0 Å². The third-order valence-corrected chi connectivity index (χ3v) is 4.91. The summed E-state index contributed by atoms with van der Waals surface area (Å²) in [5, 5.41) is 0. The molecule has 4 heteroatoms. The van der Waals surface area contributed by atoms with Crippen LogP contribution in [0.4, 0.5) is 0 Å². The third-order valence-electron chi connectivity index (χ3n) is 4.56. The summed E-state index contributed by atoms with van der Waals surface area (Å²) in [5.41, 5.74) is 0.0815. The topological polar surface area (TPSA) is 46.5 Å². The SMILES string of the molecule is CCCCC(CC)CC(CC)(CCCC)CO[P+](=O)O. The van der Waals surface area contributed by atoms with Gasteiger partial charge in [0.25, 0.3) is 0 Å². The van der Waals surface area contributed by atoms with Gasteiger partial charge in [-0.1, -0.05) is 66.2 Å². The molecule has 3 atom stereocenters. The molecule has 0 radical (unpaired) electrons. The lowest BCUT2D eigenvalue weighted by Gasteiger charge is -2.34. The van der Waals surface area contributed by atoms with Crippen LogP contribution in [-0.2, 0) is 9.09 Å². The minimum Gasteiger partial charge on any atom is -0.133 e. The van der Waals surface area contributed by atoms with E-state index in [0.717, 1.165) is 19.3 Å². The van der Waals surface area contributed by atoms with Crippen LogP contribution in [0.5, 0.6) is 0 Å². The summed E-state index contributed by atoms with van der Waals surface area (Å²) in [6.07, 6.45) is 10.6. The number of hydrogen-bond donors (Lipinski definition) is 1. The fraction of sp³-hybridized carbons (Fsp3) is 1.00. The maximum atomic E-state index is 10.9. The Balaban J connectivity index is 4.71. The molecule has 0 amide bonds. The van der Waals surface area contributed by atoms with Crippen LogP contribution in [0.15, 0.2) is 0 Å². The van der Waals surface area contributed by atoms with Gasteiger partial charge < -0.3 is 0 Å². The largest absolute Gasteiger partial charge is 0.694 e. The molecule has 120 valence electrons. The lowest BCUT2D eigenvalue weighted by atomic mass is 9.72. The van der Waals surface area contributed by atoms with Crippen molar-refractivity contribution in [2.75, 3.05) is 6.61 Å². The zero-order chi connectivity index (χ0) is 15.4. The van der Waals surface area contributed by atoms with E-state index in [0.29, 0.717) is 12.5 Å². The van der Waals surface area contributed by atoms with Crippen LogP contribution in [0.3, 0.4) is 0 Å². The smallest absolute Gasteiger partial charge is 0.133 e. The molecule has 0 bridgehead atoms.